The van der Waals surface area contributed by atoms with Crippen molar-refractivity contribution in [3.63, 3.8) is 0 Å². The second-order valence-electron chi connectivity index (χ2n) is 5.36. The molecule has 0 unspecified atom stereocenters. The van der Waals surface area contributed by atoms with Gasteiger partial charge >= 0.3 is 5.97 Å². The number of rotatable bonds is 4. The Kier molecular flexibility index (Phi) is 5.20. The average molecular weight is 392 g/mol. The van der Waals surface area contributed by atoms with Gasteiger partial charge in [-0.1, -0.05) is 11.6 Å². The number of halogens is 1. The van der Waals surface area contributed by atoms with Crippen LogP contribution < -0.4 is 0 Å². The molecule has 6 nitrogen and oxygen atoms in total. The van der Waals surface area contributed by atoms with Gasteiger partial charge in [-0.25, -0.2) is 4.79 Å². The number of thioether (sulfide) groups is 1. The van der Waals surface area contributed by atoms with E-state index in [9.17, 15) is 14.4 Å². The van der Waals surface area contributed by atoms with Crippen molar-refractivity contribution in [2.24, 2.45) is 0 Å². The fraction of sp³-hybridized carbons (Fsp3) is 0.167. The highest BCUT2D eigenvalue weighted by Gasteiger charge is 2.32. The number of carbonyl (C=O) groups excluding carboxylic acids is 3. The van der Waals surface area contributed by atoms with Gasteiger partial charge in [0.15, 0.2) is 0 Å². The van der Waals surface area contributed by atoms with Gasteiger partial charge in [-0.05, 0) is 49.0 Å². The van der Waals surface area contributed by atoms with E-state index < -0.39 is 5.97 Å². The van der Waals surface area contributed by atoms with E-state index in [0.717, 1.165) is 16.7 Å². The zero-order chi connectivity index (χ0) is 18.8. The van der Waals surface area contributed by atoms with E-state index in [1.54, 1.807) is 37.3 Å². The zero-order valence-corrected chi connectivity index (χ0v) is 15.5. The zero-order valence-electron chi connectivity index (χ0n) is 13.9. The molecule has 134 valence electrons. The van der Waals surface area contributed by atoms with Crippen molar-refractivity contribution in [2.75, 3.05) is 13.7 Å². The fourth-order valence-corrected chi connectivity index (χ4v) is 3.31. The van der Waals surface area contributed by atoms with Gasteiger partial charge in [-0.15, -0.1) is 0 Å². The second-order valence-corrected chi connectivity index (χ2v) is 6.76. The van der Waals surface area contributed by atoms with Gasteiger partial charge in [0.2, 0.25) is 0 Å². The third-order valence-corrected chi connectivity index (χ3v) is 4.92. The van der Waals surface area contributed by atoms with Crippen molar-refractivity contribution in [3.8, 4) is 11.3 Å². The highest BCUT2D eigenvalue weighted by molar-refractivity contribution is 8.18. The minimum absolute atomic E-state index is 0.246. The monoisotopic (exact) mass is 391 g/mol. The van der Waals surface area contributed by atoms with Gasteiger partial charge in [0.1, 0.15) is 11.5 Å². The lowest BCUT2D eigenvalue weighted by atomic mass is 10.1. The summed E-state index contributed by atoms with van der Waals surface area (Å²) >= 11 is 6.91. The Morgan fingerprint density at radius 1 is 1.31 bits per heavy atom. The highest BCUT2D eigenvalue weighted by atomic mass is 35.5. The first-order valence-corrected chi connectivity index (χ1v) is 8.88. The molecule has 0 atom stereocenters. The molecule has 1 aliphatic rings. The number of imide groups is 1. The predicted molar refractivity (Wildman–Crippen MR) is 98.8 cm³/mol. The lowest BCUT2D eigenvalue weighted by Crippen LogP contribution is -2.22. The normalized spacial score (nSPS) is 15.8. The smallest absolute Gasteiger partial charge is 0.339 e. The maximum atomic E-state index is 12.0. The van der Waals surface area contributed by atoms with Crippen LogP contribution in [0.1, 0.15) is 23.0 Å². The quantitative estimate of drug-likeness (QED) is 0.566. The molecule has 26 heavy (non-hydrogen) atoms. The number of nitrogens with zero attached hydrogens (tertiary/aromatic N) is 1. The highest BCUT2D eigenvalue weighted by Crippen LogP contribution is 2.33. The molecule has 1 fully saturated rings. The van der Waals surface area contributed by atoms with E-state index in [-0.39, 0.29) is 28.3 Å². The van der Waals surface area contributed by atoms with Crippen molar-refractivity contribution >= 4 is 46.6 Å². The standard InChI is InChI=1S/C18H14ClNO5S/c1-3-24-17(22)12-8-10(4-6-13(12)19)14-7-5-11(25-14)9-15-16(21)20(2)18(23)26-15/h4-9H,3H2,1-2H3/b15-9+. The lowest BCUT2D eigenvalue weighted by Gasteiger charge is -2.06. The average Bonchev–Trinajstić information content (AvgIpc) is 3.17. The Morgan fingerprint density at radius 2 is 2.08 bits per heavy atom. The number of benzene rings is 1. The summed E-state index contributed by atoms with van der Waals surface area (Å²) < 4.78 is 10.7. The van der Waals surface area contributed by atoms with Crippen molar-refractivity contribution in [1.82, 2.24) is 4.90 Å². The number of ether oxygens (including phenoxy) is 1. The Hall–Kier alpha value is -2.51. The van der Waals surface area contributed by atoms with Gasteiger partial charge in [0.25, 0.3) is 11.1 Å². The van der Waals surface area contributed by atoms with Gasteiger partial charge in [-0.2, -0.15) is 0 Å². The van der Waals surface area contributed by atoms with E-state index in [4.69, 9.17) is 20.8 Å². The molecule has 0 saturated carbocycles. The molecule has 0 aliphatic carbocycles. The van der Waals surface area contributed by atoms with Crippen molar-refractivity contribution in [2.45, 2.75) is 6.92 Å². The molecule has 2 amide bonds. The first kappa shape index (κ1) is 18.3. The Labute approximate surface area is 158 Å². The molecule has 1 saturated heterocycles. The third kappa shape index (κ3) is 3.54. The molecule has 2 aromatic rings. The minimum atomic E-state index is -0.511. The molecule has 1 aromatic heterocycles. The van der Waals surface area contributed by atoms with Gasteiger partial charge in [-0.3, -0.25) is 14.5 Å². The van der Waals surface area contributed by atoms with E-state index in [2.05, 4.69) is 0 Å². The third-order valence-electron chi connectivity index (χ3n) is 3.63. The lowest BCUT2D eigenvalue weighted by molar-refractivity contribution is -0.121. The first-order chi connectivity index (χ1) is 12.4. The molecule has 0 N–H and O–H groups in total. The summed E-state index contributed by atoms with van der Waals surface area (Å²) in [7, 11) is 1.43. The van der Waals surface area contributed by atoms with Crippen LogP contribution in [-0.4, -0.2) is 35.7 Å². The minimum Gasteiger partial charge on any atom is -0.462 e. The molecule has 1 aromatic carbocycles. The SMILES string of the molecule is CCOC(=O)c1cc(-c2ccc(/C=C3/SC(=O)N(C)C3=O)o2)ccc1Cl. The van der Waals surface area contributed by atoms with Crippen molar-refractivity contribution in [1.29, 1.82) is 0 Å². The Balaban J connectivity index is 1.89. The Bertz CT molecular complexity index is 933. The summed E-state index contributed by atoms with van der Waals surface area (Å²) in [5, 5.41) is -0.0413. The number of likely N-dealkylation sites (N-methyl/N-ethyl adjacent to an activating group) is 1. The van der Waals surface area contributed by atoms with Crippen LogP contribution in [0, 0.1) is 0 Å². The van der Waals surface area contributed by atoms with Gasteiger partial charge < -0.3 is 9.15 Å². The number of amides is 2. The fourth-order valence-electron chi connectivity index (χ4n) is 2.30. The van der Waals surface area contributed by atoms with E-state index in [1.807, 2.05) is 0 Å². The van der Waals surface area contributed by atoms with Crippen molar-refractivity contribution in [3.05, 3.63) is 51.6 Å². The topological polar surface area (TPSA) is 76.8 Å². The molecular weight excluding hydrogens is 378 g/mol. The van der Waals surface area contributed by atoms with Crippen LogP contribution in [0.3, 0.4) is 0 Å². The predicted octanol–water partition coefficient (Wildman–Crippen LogP) is 4.44. The summed E-state index contributed by atoms with van der Waals surface area (Å²) in [4.78, 5) is 36.8. The summed E-state index contributed by atoms with van der Waals surface area (Å²) in [6, 6.07) is 8.28. The summed E-state index contributed by atoms with van der Waals surface area (Å²) in [5.41, 5.74) is 0.886. The van der Waals surface area contributed by atoms with E-state index >= 15 is 0 Å². The summed E-state index contributed by atoms with van der Waals surface area (Å²) in [6.07, 6.45) is 1.51. The van der Waals surface area contributed by atoms with Crippen LogP contribution in [0.2, 0.25) is 5.02 Å². The molecule has 1 aliphatic heterocycles. The van der Waals surface area contributed by atoms with Crippen LogP contribution in [0.5, 0.6) is 0 Å². The van der Waals surface area contributed by atoms with Crippen LogP contribution in [0.25, 0.3) is 17.4 Å². The van der Waals surface area contributed by atoms with E-state index in [0.29, 0.717) is 22.0 Å². The molecule has 0 spiro atoms. The maximum absolute atomic E-state index is 12.0. The van der Waals surface area contributed by atoms with Crippen molar-refractivity contribution < 1.29 is 23.5 Å². The maximum Gasteiger partial charge on any atom is 0.339 e. The molecule has 3 rings (SSSR count). The van der Waals surface area contributed by atoms with Gasteiger partial charge in [0, 0.05) is 18.7 Å². The van der Waals surface area contributed by atoms with Crippen LogP contribution in [-0.2, 0) is 9.53 Å². The molecule has 8 heteroatoms. The number of hydrogen-bond donors (Lipinski definition) is 0. The molecule has 0 bridgehead atoms. The number of hydrogen-bond acceptors (Lipinski definition) is 6. The van der Waals surface area contributed by atoms with Crippen LogP contribution >= 0.6 is 23.4 Å². The van der Waals surface area contributed by atoms with Crippen LogP contribution in [0.15, 0.2) is 39.7 Å². The molecular formula is C18H14ClNO5S. The molecule has 0 radical (unpaired) electrons. The number of esters is 1. The number of carbonyl (C=O) groups is 3. The molecule has 2 heterocycles. The van der Waals surface area contributed by atoms with Crippen LogP contribution in [0.4, 0.5) is 4.79 Å². The summed E-state index contributed by atoms with van der Waals surface area (Å²) in [6.45, 7) is 1.96. The largest absolute Gasteiger partial charge is 0.462 e. The summed E-state index contributed by atoms with van der Waals surface area (Å²) in [5.74, 6) is 0.0394. The second kappa shape index (κ2) is 7.39. The van der Waals surface area contributed by atoms with Gasteiger partial charge in [0.05, 0.1) is 22.1 Å². The first-order valence-electron chi connectivity index (χ1n) is 7.69. The Morgan fingerprint density at radius 3 is 2.73 bits per heavy atom. The van der Waals surface area contributed by atoms with E-state index in [1.165, 1.54) is 13.1 Å². The number of furan rings is 1.